The van der Waals surface area contributed by atoms with Crippen LogP contribution in [0.15, 0.2) is 23.0 Å². The number of benzene rings is 1. The molecule has 3 nitrogen and oxygen atoms in total. The van der Waals surface area contributed by atoms with E-state index >= 15 is 0 Å². The first-order chi connectivity index (χ1) is 8.66. The summed E-state index contributed by atoms with van der Waals surface area (Å²) in [6.07, 6.45) is 2.16. The lowest BCUT2D eigenvalue weighted by Gasteiger charge is -2.11. The summed E-state index contributed by atoms with van der Waals surface area (Å²) >= 11 is 6.07. The molecule has 1 aromatic carbocycles. The van der Waals surface area contributed by atoms with Crippen molar-refractivity contribution in [3.05, 3.63) is 44.7 Å². The Morgan fingerprint density at radius 2 is 2.22 bits per heavy atom. The molecule has 0 radical (unpaired) electrons. The van der Waals surface area contributed by atoms with Crippen molar-refractivity contribution in [2.75, 3.05) is 6.54 Å². The van der Waals surface area contributed by atoms with Gasteiger partial charge >= 0.3 is 0 Å². The summed E-state index contributed by atoms with van der Waals surface area (Å²) in [4.78, 5) is 15.1. The second kappa shape index (κ2) is 4.41. The van der Waals surface area contributed by atoms with Crippen LogP contribution in [0.3, 0.4) is 0 Å². The van der Waals surface area contributed by atoms with Gasteiger partial charge in [0.15, 0.2) is 0 Å². The van der Waals surface area contributed by atoms with Crippen LogP contribution in [0.2, 0.25) is 5.02 Å². The van der Waals surface area contributed by atoms with Gasteiger partial charge in [-0.15, -0.1) is 0 Å². The molecule has 18 heavy (non-hydrogen) atoms. The number of aromatic amines is 1. The number of hydrogen-bond acceptors (Lipinski definition) is 2. The second-order valence-electron chi connectivity index (χ2n) is 4.84. The van der Waals surface area contributed by atoms with E-state index in [1.165, 1.54) is 0 Å². The van der Waals surface area contributed by atoms with Crippen molar-refractivity contribution in [2.45, 2.75) is 25.8 Å². The van der Waals surface area contributed by atoms with Gasteiger partial charge < -0.3 is 10.3 Å². The number of fused-ring (bicyclic) bond motifs is 1. The summed E-state index contributed by atoms with van der Waals surface area (Å²) in [6, 6.07) is 6.01. The van der Waals surface area contributed by atoms with Crippen LogP contribution in [-0.4, -0.2) is 11.5 Å². The molecule has 1 atom stereocenters. The van der Waals surface area contributed by atoms with Crippen LogP contribution in [-0.2, 0) is 0 Å². The number of aromatic nitrogens is 1. The minimum absolute atomic E-state index is 0.00716. The SMILES string of the molecule is Cc1c(Cl)ccc2cc(C3CCCN3)c(=O)[nH]c12. The largest absolute Gasteiger partial charge is 0.321 e. The van der Waals surface area contributed by atoms with Gasteiger partial charge in [0.2, 0.25) is 0 Å². The highest BCUT2D eigenvalue weighted by atomic mass is 35.5. The summed E-state index contributed by atoms with van der Waals surface area (Å²) in [6.45, 7) is 2.91. The van der Waals surface area contributed by atoms with Crippen molar-refractivity contribution in [3.63, 3.8) is 0 Å². The highest BCUT2D eigenvalue weighted by Gasteiger charge is 2.19. The molecule has 2 aromatic rings. The predicted octanol–water partition coefficient (Wildman–Crippen LogP) is 2.91. The molecule has 1 aliphatic rings. The lowest BCUT2D eigenvalue weighted by atomic mass is 10.0. The number of halogens is 1. The first-order valence-corrected chi connectivity index (χ1v) is 6.60. The van der Waals surface area contributed by atoms with Gasteiger partial charge in [-0.3, -0.25) is 4.79 Å². The van der Waals surface area contributed by atoms with E-state index in [0.717, 1.165) is 41.4 Å². The van der Waals surface area contributed by atoms with E-state index in [2.05, 4.69) is 10.3 Å². The maximum atomic E-state index is 12.1. The summed E-state index contributed by atoms with van der Waals surface area (Å²) < 4.78 is 0. The van der Waals surface area contributed by atoms with Gasteiger partial charge in [0, 0.05) is 16.6 Å². The monoisotopic (exact) mass is 262 g/mol. The molecule has 3 rings (SSSR count). The fourth-order valence-corrected chi connectivity index (χ4v) is 2.78. The normalized spacial score (nSPS) is 19.6. The zero-order chi connectivity index (χ0) is 12.7. The number of rotatable bonds is 1. The predicted molar refractivity (Wildman–Crippen MR) is 74.3 cm³/mol. The van der Waals surface area contributed by atoms with Crippen molar-refractivity contribution in [2.24, 2.45) is 0 Å². The summed E-state index contributed by atoms with van der Waals surface area (Å²) in [5.74, 6) is 0. The molecule has 0 bridgehead atoms. The van der Waals surface area contributed by atoms with Gasteiger partial charge in [-0.1, -0.05) is 17.7 Å². The fraction of sp³-hybridized carbons (Fsp3) is 0.357. The van der Waals surface area contributed by atoms with Crippen LogP contribution >= 0.6 is 11.6 Å². The maximum absolute atomic E-state index is 12.1. The van der Waals surface area contributed by atoms with Gasteiger partial charge in [0.25, 0.3) is 5.56 Å². The molecule has 2 heterocycles. The van der Waals surface area contributed by atoms with Crippen molar-refractivity contribution in [1.29, 1.82) is 0 Å². The smallest absolute Gasteiger partial charge is 0.253 e. The summed E-state index contributed by atoms with van der Waals surface area (Å²) in [7, 11) is 0. The number of aryl methyl sites for hydroxylation is 1. The third-order valence-corrected chi connectivity index (χ3v) is 4.09. The van der Waals surface area contributed by atoms with Crippen molar-refractivity contribution >= 4 is 22.5 Å². The van der Waals surface area contributed by atoms with Crippen LogP contribution in [0.5, 0.6) is 0 Å². The lowest BCUT2D eigenvalue weighted by molar-refractivity contribution is 0.641. The molecule has 1 aromatic heterocycles. The molecule has 0 aliphatic carbocycles. The average Bonchev–Trinajstić information content (AvgIpc) is 2.88. The van der Waals surface area contributed by atoms with Gasteiger partial charge in [0.1, 0.15) is 0 Å². The number of pyridine rings is 1. The maximum Gasteiger partial charge on any atom is 0.253 e. The van der Waals surface area contributed by atoms with E-state index in [1.54, 1.807) is 0 Å². The van der Waals surface area contributed by atoms with Crippen molar-refractivity contribution in [1.82, 2.24) is 10.3 Å². The van der Waals surface area contributed by atoms with Gasteiger partial charge in [-0.2, -0.15) is 0 Å². The lowest BCUT2D eigenvalue weighted by Crippen LogP contribution is -2.22. The van der Waals surface area contributed by atoms with Crippen LogP contribution in [0.4, 0.5) is 0 Å². The van der Waals surface area contributed by atoms with Crippen molar-refractivity contribution < 1.29 is 0 Å². The molecule has 2 N–H and O–H groups in total. The molecule has 0 amide bonds. The minimum atomic E-state index is -0.00716. The Kier molecular flexibility index (Phi) is 2.88. The quantitative estimate of drug-likeness (QED) is 0.830. The molecular formula is C14H15ClN2O. The van der Waals surface area contributed by atoms with E-state index in [1.807, 2.05) is 25.1 Å². The number of hydrogen-bond donors (Lipinski definition) is 2. The second-order valence-corrected chi connectivity index (χ2v) is 5.25. The minimum Gasteiger partial charge on any atom is -0.321 e. The molecule has 0 saturated carbocycles. The topological polar surface area (TPSA) is 44.9 Å². The van der Waals surface area contributed by atoms with Gasteiger partial charge in [-0.05, 0) is 49.4 Å². The summed E-state index contributed by atoms with van der Waals surface area (Å²) in [5.41, 5.74) is 2.60. The zero-order valence-corrected chi connectivity index (χ0v) is 11.0. The highest BCUT2D eigenvalue weighted by Crippen LogP contribution is 2.26. The van der Waals surface area contributed by atoms with E-state index in [9.17, 15) is 4.79 Å². The van der Waals surface area contributed by atoms with Crippen molar-refractivity contribution in [3.8, 4) is 0 Å². The van der Waals surface area contributed by atoms with Gasteiger partial charge in [0.05, 0.1) is 5.52 Å². The molecule has 94 valence electrons. The molecule has 1 unspecified atom stereocenters. The average molecular weight is 263 g/mol. The van der Waals surface area contributed by atoms with Crippen LogP contribution < -0.4 is 10.9 Å². The van der Waals surface area contributed by atoms with E-state index in [-0.39, 0.29) is 11.6 Å². The Morgan fingerprint density at radius 3 is 2.94 bits per heavy atom. The molecular weight excluding hydrogens is 248 g/mol. The Bertz CT molecular complexity index is 657. The first kappa shape index (κ1) is 11.8. The number of H-pyrrole nitrogens is 1. The summed E-state index contributed by atoms with van der Waals surface area (Å²) in [5, 5.41) is 5.09. The van der Waals surface area contributed by atoms with Crippen LogP contribution in [0, 0.1) is 6.92 Å². The Hall–Kier alpha value is -1.32. The van der Waals surface area contributed by atoms with E-state index in [0.29, 0.717) is 5.02 Å². The number of nitrogens with one attached hydrogen (secondary N) is 2. The standard InChI is InChI=1S/C14H15ClN2O/c1-8-11(15)5-4-9-7-10(12-3-2-6-16-12)14(18)17-13(8)9/h4-5,7,12,16H,2-3,6H2,1H3,(H,17,18). The first-order valence-electron chi connectivity index (χ1n) is 6.22. The van der Waals surface area contributed by atoms with E-state index in [4.69, 9.17) is 11.6 Å². The molecule has 0 spiro atoms. The Balaban J connectivity index is 2.21. The van der Waals surface area contributed by atoms with Crippen LogP contribution in [0.25, 0.3) is 10.9 Å². The van der Waals surface area contributed by atoms with Gasteiger partial charge in [-0.25, -0.2) is 0 Å². The fourth-order valence-electron chi connectivity index (χ4n) is 2.62. The van der Waals surface area contributed by atoms with E-state index < -0.39 is 0 Å². The molecule has 4 heteroatoms. The zero-order valence-electron chi connectivity index (χ0n) is 10.2. The molecule has 1 fully saturated rings. The third kappa shape index (κ3) is 1.84. The Labute approximate surface area is 110 Å². The third-order valence-electron chi connectivity index (χ3n) is 3.68. The van der Waals surface area contributed by atoms with Crippen LogP contribution in [0.1, 0.15) is 30.0 Å². The molecule has 1 aliphatic heterocycles. The Morgan fingerprint density at radius 1 is 1.39 bits per heavy atom. The highest BCUT2D eigenvalue weighted by molar-refractivity contribution is 6.32. The molecule has 1 saturated heterocycles.